The second-order valence-corrected chi connectivity index (χ2v) is 9.50. The zero-order chi connectivity index (χ0) is 23.3. The smallest absolute Gasteiger partial charge is 0.280 e. The summed E-state index contributed by atoms with van der Waals surface area (Å²) in [6, 6.07) is 8.41. The summed E-state index contributed by atoms with van der Waals surface area (Å²) in [5, 5.41) is 6.50. The number of nitrogens with zero attached hydrogens (tertiary/aromatic N) is 4. The molecular formula is C20H29N7O4S. The van der Waals surface area contributed by atoms with Gasteiger partial charge >= 0.3 is 0 Å². The van der Waals surface area contributed by atoms with Crippen LogP contribution in [0.5, 0.6) is 0 Å². The van der Waals surface area contributed by atoms with Gasteiger partial charge in [0.25, 0.3) is 10.2 Å². The van der Waals surface area contributed by atoms with Crippen LogP contribution in [0.1, 0.15) is 12.5 Å². The van der Waals surface area contributed by atoms with Crippen molar-refractivity contribution in [3.63, 3.8) is 0 Å². The highest BCUT2D eigenvalue weighted by Gasteiger charge is 2.36. The largest absolute Gasteiger partial charge is 0.368 e. The van der Waals surface area contributed by atoms with Gasteiger partial charge < -0.3 is 10.6 Å². The lowest BCUT2D eigenvalue weighted by atomic mass is 10.0. The van der Waals surface area contributed by atoms with Gasteiger partial charge in [-0.1, -0.05) is 30.3 Å². The Hall–Kier alpha value is -2.80. The monoisotopic (exact) mass is 463 g/mol. The van der Waals surface area contributed by atoms with Gasteiger partial charge in [-0.15, -0.1) is 0 Å². The molecule has 174 valence electrons. The molecule has 2 atom stereocenters. The molecule has 0 aliphatic carbocycles. The zero-order valence-electron chi connectivity index (χ0n) is 18.1. The highest BCUT2D eigenvalue weighted by atomic mass is 32.2. The molecule has 2 aromatic rings. The van der Waals surface area contributed by atoms with Crippen LogP contribution in [-0.4, -0.2) is 84.9 Å². The van der Waals surface area contributed by atoms with Gasteiger partial charge in [0.2, 0.25) is 11.8 Å². The Balaban J connectivity index is 1.92. The molecule has 0 spiro atoms. The minimum Gasteiger partial charge on any atom is -0.368 e. The predicted molar refractivity (Wildman–Crippen MR) is 120 cm³/mol. The van der Waals surface area contributed by atoms with Crippen molar-refractivity contribution in [1.82, 2.24) is 24.1 Å². The molecule has 1 aliphatic heterocycles. The summed E-state index contributed by atoms with van der Waals surface area (Å²) in [4.78, 5) is 28.7. The number of nitrogens with one attached hydrogen (secondary N) is 2. The Morgan fingerprint density at radius 2 is 1.84 bits per heavy atom. The molecule has 1 aromatic carbocycles. The average Bonchev–Trinajstić information content (AvgIpc) is 3.28. The molecule has 0 unspecified atom stereocenters. The van der Waals surface area contributed by atoms with E-state index in [1.807, 2.05) is 42.3 Å². The number of hydrogen-bond donors (Lipinski definition) is 3. The number of nitrogens with two attached hydrogens (primary N) is 1. The molecule has 2 heterocycles. The molecule has 0 saturated carbocycles. The number of H-pyrrole nitrogens is 1. The van der Waals surface area contributed by atoms with E-state index in [2.05, 4.69) is 14.9 Å². The molecule has 3 rings (SSSR count). The lowest BCUT2D eigenvalue weighted by molar-refractivity contribution is -0.125. The van der Waals surface area contributed by atoms with Crippen LogP contribution in [-0.2, 0) is 26.2 Å². The maximum Gasteiger partial charge on any atom is 0.280 e. The summed E-state index contributed by atoms with van der Waals surface area (Å²) in [6.07, 6.45) is 1.53. The maximum absolute atomic E-state index is 13.6. The molecule has 1 aliphatic rings. The first-order valence-corrected chi connectivity index (χ1v) is 11.7. The number of aromatic amines is 1. The van der Waals surface area contributed by atoms with E-state index in [1.54, 1.807) is 0 Å². The van der Waals surface area contributed by atoms with Crippen molar-refractivity contribution >= 4 is 27.8 Å². The minimum absolute atomic E-state index is 0.1000. The number of piperazine rings is 1. The molecule has 12 heteroatoms. The van der Waals surface area contributed by atoms with Crippen molar-refractivity contribution in [3.8, 4) is 0 Å². The van der Waals surface area contributed by atoms with Gasteiger partial charge in [-0.05, 0) is 26.0 Å². The van der Waals surface area contributed by atoms with E-state index < -0.39 is 34.1 Å². The van der Waals surface area contributed by atoms with Crippen molar-refractivity contribution in [2.24, 2.45) is 5.73 Å². The standard InChI is InChI=1S/C20H29N7O4S/c1-15(19(21)28)27(18-8-9-22-23-18)20(29)17(14-16-6-4-3-5-7-16)24-32(30,31)26-12-10-25(2)11-13-26/h3-9,15,17,24H,10-14H2,1-2H3,(H2,21,28)(H,22,23)/t15-,17-/m0/s1. The molecule has 1 fully saturated rings. The minimum atomic E-state index is -3.95. The normalized spacial score (nSPS) is 17.6. The van der Waals surface area contributed by atoms with Crippen LogP contribution in [0, 0.1) is 0 Å². The Kier molecular flexibility index (Phi) is 7.61. The predicted octanol–water partition coefficient (Wildman–Crippen LogP) is -0.690. The fraction of sp³-hybridized carbons (Fsp3) is 0.450. The molecule has 4 N–H and O–H groups in total. The Morgan fingerprint density at radius 3 is 2.41 bits per heavy atom. The summed E-state index contributed by atoms with van der Waals surface area (Å²) in [6.45, 7) is 3.31. The first-order chi connectivity index (χ1) is 15.2. The SMILES string of the molecule is C[C@@H](C(N)=O)N(C(=O)[C@H](Cc1ccccc1)NS(=O)(=O)N1CCN(C)CC1)c1ccn[nH]1. The molecule has 1 saturated heterocycles. The lowest BCUT2D eigenvalue weighted by Crippen LogP contribution is -2.59. The third kappa shape index (κ3) is 5.71. The molecule has 32 heavy (non-hydrogen) atoms. The summed E-state index contributed by atoms with van der Waals surface area (Å²) < 4.78 is 30.1. The maximum atomic E-state index is 13.6. The first-order valence-electron chi connectivity index (χ1n) is 10.3. The van der Waals surface area contributed by atoms with Crippen LogP contribution >= 0.6 is 0 Å². The number of aromatic nitrogens is 2. The van der Waals surface area contributed by atoms with E-state index in [0.717, 1.165) is 10.5 Å². The molecule has 11 nitrogen and oxygen atoms in total. The zero-order valence-corrected chi connectivity index (χ0v) is 19.0. The molecule has 0 radical (unpaired) electrons. The highest BCUT2D eigenvalue weighted by molar-refractivity contribution is 7.87. The Bertz CT molecular complexity index is 1010. The van der Waals surface area contributed by atoms with E-state index in [-0.39, 0.29) is 12.2 Å². The fourth-order valence-corrected chi connectivity index (χ4v) is 4.84. The van der Waals surface area contributed by atoms with Crippen molar-refractivity contribution < 1.29 is 18.0 Å². The first kappa shape index (κ1) is 23.9. The van der Waals surface area contributed by atoms with Crippen LogP contribution in [0.4, 0.5) is 5.82 Å². The van der Waals surface area contributed by atoms with Gasteiger partial charge in [0.05, 0.1) is 6.20 Å². The second kappa shape index (κ2) is 10.2. The topological polar surface area (TPSA) is 145 Å². The van der Waals surface area contributed by atoms with E-state index in [4.69, 9.17) is 5.73 Å². The van der Waals surface area contributed by atoms with Gasteiger partial charge in [0.15, 0.2) is 0 Å². The van der Waals surface area contributed by atoms with Crippen LogP contribution in [0.25, 0.3) is 0 Å². The van der Waals surface area contributed by atoms with Gasteiger partial charge in [-0.3, -0.25) is 19.6 Å². The quantitative estimate of drug-likeness (QED) is 0.449. The number of likely N-dealkylation sites (N-methyl/N-ethyl adjacent to an activating group) is 1. The number of amides is 2. The molecule has 1 aromatic heterocycles. The summed E-state index contributed by atoms with van der Waals surface area (Å²) >= 11 is 0. The van der Waals surface area contributed by atoms with E-state index in [0.29, 0.717) is 26.2 Å². The molecular weight excluding hydrogens is 434 g/mol. The number of carbonyl (C=O) groups is 2. The van der Waals surface area contributed by atoms with Gasteiger partial charge in [-0.25, -0.2) is 0 Å². The number of rotatable bonds is 9. The number of anilines is 1. The summed E-state index contributed by atoms with van der Waals surface area (Å²) in [5.41, 5.74) is 6.24. The van der Waals surface area contributed by atoms with E-state index in [9.17, 15) is 18.0 Å². The van der Waals surface area contributed by atoms with Gasteiger partial charge in [-0.2, -0.15) is 22.5 Å². The van der Waals surface area contributed by atoms with Crippen LogP contribution in [0.2, 0.25) is 0 Å². The molecule has 0 bridgehead atoms. The molecule has 2 amide bonds. The van der Waals surface area contributed by atoms with Crippen LogP contribution in [0.15, 0.2) is 42.6 Å². The summed E-state index contributed by atoms with van der Waals surface area (Å²) in [5.74, 6) is -1.09. The van der Waals surface area contributed by atoms with E-state index in [1.165, 1.54) is 23.5 Å². The third-order valence-corrected chi connectivity index (χ3v) is 7.08. The third-order valence-electron chi connectivity index (χ3n) is 5.46. The van der Waals surface area contributed by atoms with Crippen molar-refractivity contribution in [2.45, 2.75) is 25.4 Å². The Morgan fingerprint density at radius 1 is 1.19 bits per heavy atom. The second-order valence-electron chi connectivity index (χ2n) is 7.80. The van der Waals surface area contributed by atoms with Crippen LogP contribution < -0.4 is 15.4 Å². The Labute approximate surface area is 187 Å². The average molecular weight is 464 g/mol. The highest BCUT2D eigenvalue weighted by Crippen LogP contribution is 2.18. The van der Waals surface area contributed by atoms with Gasteiger partial charge in [0.1, 0.15) is 17.9 Å². The number of hydrogen-bond acceptors (Lipinski definition) is 6. The lowest BCUT2D eigenvalue weighted by Gasteiger charge is -2.34. The fourth-order valence-electron chi connectivity index (χ4n) is 3.51. The number of carbonyl (C=O) groups excluding carboxylic acids is 2. The van der Waals surface area contributed by atoms with Gasteiger partial charge in [0, 0.05) is 32.2 Å². The number of primary amides is 1. The van der Waals surface area contributed by atoms with Crippen LogP contribution in [0.3, 0.4) is 0 Å². The van der Waals surface area contributed by atoms with Crippen molar-refractivity contribution in [1.29, 1.82) is 0 Å². The van der Waals surface area contributed by atoms with E-state index >= 15 is 0 Å². The van der Waals surface area contributed by atoms with Crippen molar-refractivity contribution in [2.75, 3.05) is 38.1 Å². The summed E-state index contributed by atoms with van der Waals surface area (Å²) in [7, 11) is -2.03. The number of benzene rings is 1. The van der Waals surface area contributed by atoms with Crippen molar-refractivity contribution in [3.05, 3.63) is 48.2 Å².